The van der Waals surface area contributed by atoms with E-state index in [1.165, 1.54) is 43.5 Å². The number of aliphatic hydroxyl groups is 1. The summed E-state index contributed by atoms with van der Waals surface area (Å²) in [5, 5.41) is 12.8. The van der Waals surface area contributed by atoms with E-state index in [0.29, 0.717) is 5.02 Å². The van der Waals surface area contributed by atoms with Crippen LogP contribution in [0.2, 0.25) is 5.02 Å². The average molecular weight is 374 g/mol. The summed E-state index contributed by atoms with van der Waals surface area (Å²) in [7, 11) is 1.37. The summed E-state index contributed by atoms with van der Waals surface area (Å²) < 4.78 is 44.0. The monoisotopic (exact) mass is 373 g/mol. The van der Waals surface area contributed by atoms with Gasteiger partial charge in [0.2, 0.25) is 0 Å². The Morgan fingerprint density at radius 1 is 1.28 bits per heavy atom. The Hall–Kier alpha value is -2.25. The molecule has 2 aromatic carbocycles. The van der Waals surface area contributed by atoms with E-state index >= 15 is 0 Å². The molecule has 1 amide bonds. The van der Waals surface area contributed by atoms with Crippen LogP contribution in [0, 0.1) is 0 Å². The van der Waals surface area contributed by atoms with Crippen molar-refractivity contribution in [3.63, 3.8) is 0 Å². The zero-order chi connectivity index (χ0) is 18.6. The third kappa shape index (κ3) is 4.64. The lowest BCUT2D eigenvalue weighted by Crippen LogP contribution is -2.29. The summed E-state index contributed by atoms with van der Waals surface area (Å²) in [6.45, 7) is -0.401. The Labute approximate surface area is 147 Å². The van der Waals surface area contributed by atoms with Crippen molar-refractivity contribution in [1.82, 2.24) is 5.32 Å². The molecule has 2 N–H and O–H groups in total. The molecule has 0 saturated carbocycles. The summed E-state index contributed by atoms with van der Waals surface area (Å²) >= 11 is 5.84. The number of alkyl halides is 3. The maximum absolute atomic E-state index is 13.0. The quantitative estimate of drug-likeness (QED) is 0.837. The summed E-state index contributed by atoms with van der Waals surface area (Å²) in [5.41, 5.74) is -1.14. The first-order valence-electron chi connectivity index (χ1n) is 7.20. The smallest absolute Gasteiger partial charge is 0.416 e. The molecule has 0 aliphatic rings. The van der Waals surface area contributed by atoms with Gasteiger partial charge >= 0.3 is 6.18 Å². The molecule has 4 nitrogen and oxygen atoms in total. The van der Waals surface area contributed by atoms with Crippen molar-refractivity contribution in [3.8, 4) is 5.75 Å². The number of halogens is 4. The van der Waals surface area contributed by atoms with E-state index < -0.39 is 30.3 Å². The fourth-order valence-electron chi connectivity index (χ4n) is 2.30. The Morgan fingerprint density at radius 2 is 1.96 bits per heavy atom. The summed E-state index contributed by atoms with van der Waals surface area (Å²) in [6, 6.07) is 9.05. The minimum absolute atomic E-state index is 0.117. The van der Waals surface area contributed by atoms with Crippen molar-refractivity contribution in [2.45, 2.75) is 12.3 Å². The number of ether oxygens (including phenoxy) is 1. The lowest BCUT2D eigenvalue weighted by molar-refractivity contribution is -0.139. The van der Waals surface area contributed by atoms with Crippen LogP contribution < -0.4 is 10.1 Å². The van der Waals surface area contributed by atoms with Crippen LogP contribution in [0.15, 0.2) is 42.5 Å². The third-order valence-electron chi connectivity index (χ3n) is 3.49. The van der Waals surface area contributed by atoms with Crippen LogP contribution in [0.5, 0.6) is 5.75 Å². The van der Waals surface area contributed by atoms with Gasteiger partial charge in [-0.1, -0.05) is 29.8 Å². The normalized spacial score (nSPS) is 12.6. The number of carbonyl (C=O) groups excluding carboxylic acids is 1. The minimum atomic E-state index is -4.60. The van der Waals surface area contributed by atoms with E-state index in [-0.39, 0.29) is 16.9 Å². The van der Waals surface area contributed by atoms with Crippen molar-refractivity contribution in [2.75, 3.05) is 13.7 Å². The molecule has 0 bridgehead atoms. The van der Waals surface area contributed by atoms with Crippen LogP contribution in [0.1, 0.15) is 27.6 Å². The predicted octanol–water partition coefficient (Wildman–Crippen LogP) is 3.83. The molecule has 0 radical (unpaired) electrons. The molecular weight excluding hydrogens is 359 g/mol. The molecule has 0 fully saturated rings. The van der Waals surface area contributed by atoms with E-state index in [1.54, 1.807) is 0 Å². The second kappa shape index (κ2) is 7.76. The largest absolute Gasteiger partial charge is 0.496 e. The second-order valence-corrected chi connectivity index (χ2v) is 5.59. The van der Waals surface area contributed by atoms with Crippen molar-refractivity contribution >= 4 is 17.5 Å². The minimum Gasteiger partial charge on any atom is -0.496 e. The lowest BCUT2D eigenvalue weighted by Gasteiger charge is -2.18. The number of methoxy groups -OCH3 is 1. The highest BCUT2D eigenvalue weighted by Gasteiger charge is 2.34. The van der Waals surface area contributed by atoms with Crippen LogP contribution >= 0.6 is 11.6 Å². The first-order valence-corrected chi connectivity index (χ1v) is 7.57. The van der Waals surface area contributed by atoms with Crippen LogP contribution in [0.3, 0.4) is 0 Å². The molecule has 0 aliphatic carbocycles. The second-order valence-electron chi connectivity index (χ2n) is 5.16. The molecule has 0 aromatic heterocycles. The van der Waals surface area contributed by atoms with Crippen LogP contribution in [-0.2, 0) is 6.18 Å². The molecule has 2 aromatic rings. The molecule has 0 unspecified atom stereocenters. The molecule has 2 rings (SSSR count). The standard InChI is InChI=1S/C17H15ClF3NO3/c1-25-15-7-6-10(18)8-12(15)16(24)22-9-14(23)11-4-2-3-5-13(11)17(19,20)21/h2-8,14,23H,9H2,1H3,(H,22,24)/t14-/m1/s1. The molecule has 25 heavy (non-hydrogen) atoms. The van der Waals surface area contributed by atoms with Crippen LogP contribution in [-0.4, -0.2) is 24.7 Å². The molecule has 0 aliphatic heterocycles. The highest BCUT2D eigenvalue weighted by Crippen LogP contribution is 2.34. The van der Waals surface area contributed by atoms with Crippen LogP contribution in [0.25, 0.3) is 0 Å². The van der Waals surface area contributed by atoms with Gasteiger partial charge < -0.3 is 15.2 Å². The SMILES string of the molecule is COc1ccc(Cl)cc1C(=O)NC[C@@H](O)c1ccccc1C(F)(F)F. The van der Waals surface area contributed by atoms with Gasteiger partial charge in [-0.3, -0.25) is 4.79 Å². The highest BCUT2D eigenvalue weighted by molar-refractivity contribution is 6.31. The number of amides is 1. The Morgan fingerprint density at radius 3 is 2.60 bits per heavy atom. The molecule has 1 atom stereocenters. The van der Waals surface area contributed by atoms with E-state index in [1.807, 2.05) is 0 Å². The fourth-order valence-corrected chi connectivity index (χ4v) is 2.47. The van der Waals surface area contributed by atoms with E-state index in [2.05, 4.69) is 5.32 Å². The Kier molecular flexibility index (Phi) is 5.92. The van der Waals surface area contributed by atoms with Crippen molar-refractivity contribution < 1.29 is 27.8 Å². The maximum atomic E-state index is 13.0. The van der Waals surface area contributed by atoms with Gasteiger partial charge in [0, 0.05) is 11.6 Å². The van der Waals surface area contributed by atoms with Crippen molar-refractivity contribution in [3.05, 3.63) is 64.2 Å². The van der Waals surface area contributed by atoms with E-state index in [4.69, 9.17) is 16.3 Å². The summed E-state index contributed by atoms with van der Waals surface area (Å²) in [4.78, 5) is 12.2. The molecule has 8 heteroatoms. The predicted molar refractivity (Wildman–Crippen MR) is 86.7 cm³/mol. The highest BCUT2D eigenvalue weighted by atomic mass is 35.5. The number of benzene rings is 2. The molecule has 0 spiro atoms. The van der Waals surface area contributed by atoms with E-state index in [0.717, 1.165) is 6.07 Å². The topological polar surface area (TPSA) is 58.6 Å². The summed E-state index contributed by atoms with van der Waals surface area (Å²) in [5.74, 6) is -0.366. The number of aliphatic hydroxyl groups excluding tert-OH is 1. The first kappa shape index (κ1) is 19.1. The van der Waals surface area contributed by atoms with Gasteiger partial charge in [-0.15, -0.1) is 0 Å². The average Bonchev–Trinajstić information content (AvgIpc) is 2.58. The van der Waals surface area contributed by atoms with Gasteiger partial charge in [-0.05, 0) is 29.8 Å². The third-order valence-corrected chi connectivity index (χ3v) is 3.72. The van der Waals surface area contributed by atoms with Gasteiger partial charge in [0.25, 0.3) is 5.91 Å². The van der Waals surface area contributed by atoms with Gasteiger partial charge in [-0.2, -0.15) is 13.2 Å². The maximum Gasteiger partial charge on any atom is 0.416 e. The zero-order valence-electron chi connectivity index (χ0n) is 13.1. The molecule has 0 saturated heterocycles. The van der Waals surface area contributed by atoms with Gasteiger partial charge in [0.15, 0.2) is 0 Å². The van der Waals surface area contributed by atoms with Crippen molar-refractivity contribution in [1.29, 1.82) is 0 Å². The zero-order valence-corrected chi connectivity index (χ0v) is 13.9. The van der Waals surface area contributed by atoms with Gasteiger partial charge in [0.1, 0.15) is 5.75 Å². The first-order chi connectivity index (χ1) is 11.7. The molecule has 134 valence electrons. The summed E-state index contributed by atoms with van der Waals surface area (Å²) in [6.07, 6.45) is -6.12. The lowest BCUT2D eigenvalue weighted by atomic mass is 10.0. The number of rotatable bonds is 5. The van der Waals surface area contributed by atoms with Crippen LogP contribution in [0.4, 0.5) is 13.2 Å². The van der Waals surface area contributed by atoms with E-state index in [9.17, 15) is 23.1 Å². The molecule has 0 heterocycles. The van der Waals surface area contributed by atoms with Gasteiger partial charge in [0.05, 0.1) is 24.3 Å². The number of carbonyl (C=O) groups is 1. The van der Waals surface area contributed by atoms with Gasteiger partial charge in [-0.25, -0.2) is 0 Å². The Bertz CT molecular complexity index is 765. The Balaban J connectivity index is 2.15. The number of hydrogen-bond donors (Lipinski definition) is 2. The fraction of sp³-hybridized carbons (Fsp3) is 0.235. The molecular formula is C17H15ClF3NO3. The number of nitrogens with one attached hydrogen (secondary N) is 1. The van der Waals surface area contributed by atoms with Crippen molar-refractivity contribution in [2.24, 2.45) is 0 Å². The number of hydrogen-bond acceptors (Lipinski definition) is 3.